The Labute approximate surface area is 246 Å². The monoisotopic (exact) mass is 558 g/mol. The number of carboxylic acid groups (broad SMARTS) is 2. The largest absolute Gasteiger partial charge is 0.481 e. The fraction of sp³-hybridized carbons (Fsp3) is 0.833. The summed E-state index contributed by atoms with van der Waals surface area (Å²) in [5, 5.41) is 19.1. The van der Waals surface area contributed by atoms with Crippen molar-refractivity contribution < 1.29 is 19.8 Å². The molecule has 0 amide bonds. The molecule has 0 aromatic rings. The Balaban J connectivity index is 2.24. The molecular formula is C36H62O4. The van der Waals surface area contributed by atoms with Gasteiger partial charge in [0.2, 0.25) is 0 Å². The normalized spacial score (nSPS) is 26.4. The Morgan fingerprint density at radius 2 is 1.30 bits per heavy atom. The lowest BCUT2D eigenvalue weighted by atomic mass is 9.65. The third-order valence-electron chi connectivity index (χ3n) is 9.71. The minimum Gasteiger partial charge on any atom is -0.481 e. The van der Waals surface area contributed by atoms with E-state index in [-0.39, 0.29) is 12.3 Å². The van der Waals surface area contributed by atoms with E-state index in [4.69, 9.17) is 5.11 Å². The van der Waals surface area contributed by atoms with Gasteiger partial charge in [0.25, 0.3) is 0 Å². The molecule has 2 N–H and O–H groups in total. The van der Waals surface area contributed by atoms with Crippen LogP contribution in [0.1, 0.15) is 162 Å². The van der Waals surface area contributed by atoms with Crippen molar-refractivity contribution in [2.24, 2.45) is 29.6 Å². The van der Waals surface area contributed by atoms with Crippen molar-refractivity contribution in [3.8, 4) is 0 Å². The van der Waals surface area contributed by atoms with E-state index in [1.54, 1.807) is 0 Å². The van der Waals surface area contributed by atoms with Crippen molar-refractivity contribution in [2.45, 2.75) is 162 Å². The second kappa shape index (κ2) is 21.2. The molecule has 1 saturated carbocycles. The molecule has 0 aromatic carbocycles. The summed E-state index contributed by atoms with van der Waals surface area (Å²) in [6.07, 6.45) is 33.5. The Kier molecular flexibility index (Phi) is 18.3. The van der Waals surface area contributed by atoms with Crippen LogP contribution in [0.2, 0.25) is 0 Å². The quantitative estimate of drug-likeness (QED) is 0.115. The van der Waals surface area contributed by atoms with Crippen LogP contribution in [0.25, 0.3) is 0 Å². The van der Waals surface area contributed by atoms with Gasteiger partial charge in [-0.2, -0.15) is 0 Å². The van der Waals surface area contributed by atoms with Crippen molar-refractivity contribution in [1.29, 1.82) is 0 Å². The molecule has 4 nitrogen and oxygen atoms in total. The highest BCUT2D eigenvalue weighted by molar-refractivity contribution is 5.73. The van der Waals surface area contributed by atoms with Crippen molar-refractivity contribution in [2.75, 3.05) is 0 Å². The number of hydrogen-bond acceptors (Lipinski definition) is 2. The van der Waals surface area contributed by atoms with E-state index in [0.29, 0.717) is 23.7 Å². The number of unbranched alkanes of at least 4 members (excludes halogenated alkanes) is 10. The Bertz CT molecular complexity index is 754. The zero-order valence-electron chi connectivity index (χ0n) is 26.1. The van der Waals surface area contributed by atoms with Crippen LogP contribution >= 0.6 is 0 Å². The van der Waals surface area contributed by atoms with E-state index in [0.717, 1.165) is 64.2 Å². The predicted molar refractivity (Wildman–Crippen MR) is 167 cm³/mol. The molecule has 2 aliphatic rings. The minimum absolute atomic E-state index is 0.283. The van der Waals surface area contributed by atoms with Gasteiger partial charge in [0.15, 0.2) is 0 Å². The van der Waals surface area contributed by atoms with Gasteiger partial charge in [0.05, 0.1) is 5.92 Å². The highest BCUT2D eigenvalue weighted by Gasteiger charge is 2.35. The van der Waals surface area contributed by atoms with E-state index in [9.17, 15) is 14.7 Å². The van der Waals surface area contributed by atoms with Crippen molar-refractivity contribution in [3.63, 3.8) is 0 Å². The van der Waals surface area contributed by atoms with Crippen molar-refractivity contribution in [3.05, 3.63) is 23.8 Å². The average molecular weight is 559 g/mol. The number of carbonyl (C=O) groups is 2. The lowest BCUT2D eigenvalue weighted by molar-refractivity contribution is -0.141. The molecule has 5 unspecified atom stereocenters. The standard InChI is InChI=1S/C36H62O4/c1-3-5-7-14-20-29-26-27-30(21-15-10-9-11-19-25-35(37)38)34(32(29)23-17-8-6-4-2)28-31-22-16-12-13-18-24-33(31)36(39)40/h26-30,32-34H,3-25H2,1-2H3,(H,37,38)(H,39,40)/b31-28+. The molecule has 0 aromatic heterocycles. The lowest BCUT2D eigenvalue weighted by Gasteiger charge is -2.40. The molecule has 5 atom stereocenters. The fourth-order valence-electron chi connectivity index (χ4n) is 7.33. The van der Waals surface area contributed by atoms with Crippen LogP contribution in [0.3, 0.4) is 0 Å². The van der Waals surface area contributed by atoms with Gasteiger partial charge in [0, 0.05) is 6.42 Å². The van der Waals surface area contributed by atoms with Crippen LogP contribution in [0.4, 0.5) is 0 Å². The molecule has 0 spiro atoms. The van der Waals surface area contributed by atoms with Gasteiger partial charge >= 0.3 is 11.9 Å². The van der Waals surface area contributed by atoms with Crippen molar-refractivity contribution in [1.82, 2.24) is 0 Å². The first-order valence-corrected chi connectivity index (χ1v) is 17.3. The summed E-state index contributed by atoms with van der Waals surface area (Å²) in [5.41, 5.74) is 1.23. The highest BCUT2D eigenvalue weighted by atomic mass is 16.4. The summed E-state index contributed by atoms with van der Waals surface area (Å²) >= 11 is 0. The SMILES string of the molecule is CCCCCCC1C=CC(CCCCCCCC(=O)O)C(/C=C2\CCCCCCC2C(=O)O)C1CCCCCC. The summed E-state index contributed by atoms with van der Waals surface area (Å²) in [6, 6.07) is 0. The smallest absolute Gasteiger partial charge is 0.310 e. The van der Waals surface area contributed by atoms with Crippen LogP contribution in [0.5, 0.6) is 0 Å². The van der Waals surface area contributed by atoms with E-state index in [1.807, 2.05) is 0 Å². The summed E-state index contributed by atoms with van der Waals surface area (Å²) in [4.78, 5) is 23.2. The van der Waals surface area contributed by atoms with Gasteiger partial charge in [-0.3, -0.25) is 9.59 Å². The molecular weight excluding hydrogens is 496 g/mol. The number of aliphatic carboxylic acids is 2. The minimum atomic E-state index is -0.689. The zero-order chi connectivity index (χ0) is 29.0. The maximum Gasteiger partial charge on any atom is 0.310 e. The van der Waals surface area contributed by atoms with E-state index < -0.39 is 11.9 Å². The number of carboxylic acids is 2. The van der Waals surface area contributed by atoms with Crippen LogP contribution in [0, 0.1) is 29.6 Å². The molecule has 2 aliphatic carbocycles. The first-order valence-electron chi connectivity index (χ1n) is 17.3. The highest BCUT2D eigenvalue weighted by Crippen LogP contribution is 2.44. The molecule has 0 saturated heterocycles. The van der Waals surface area contributed by atoms with Gasteiger partial charge in [-0.05, 0) is 68.6 Å². The lowest BCUT2D eigenvalue weighted by Crippen LogP contribution is -2.32. The maximum absolute atomic E-state index is 12.4. The second-order valence-corrected chi connectivity index (χ2v) is 12.9. The average Bonchev–Trinajstić information content (AvgIpc) is 2.91. The molecule has 4 heteroatoms. The van der Waals surface area contributed by atoms with Crippen LogP contribution in [-0.2, 0) is 9.59 Å². The summed E-state index contributed by atoms with van der Waals surface area (Å²) in [6.45, 7) is 4.56. The van der Waals surface area contributed by atoms with Gasteiger partial charge in [-0.1, -0.05) is 134 Å². The first kappa shape index (κ1) is 34.6. The number of allylic oxidation sites excluding steroid dienone is 3. The maximum atomic E-state index is 12.4. The molecule has 230 valence electrons. The Morgan fingerprint density at radius 1 is 0.725 bits per heavy atom. The van der Waals surface area contributed by atoms with Crippen LogP contribution < -0.4 is 0 Å². The van der Waals surface area contributed by atoms with Gasteiger partial charge < -0.3 is 10.2 Å². The van der Waals surface area contributed by atoms with E-state index in [2.05, 4.69) is 32.1 Å². The van der Waals surface area contributed by atoms with Crippen LogP contribution in [0.15, 0.2) is 23.8 Å². The number of rotatable bonds is 20. The molecule has 2 rings (SSSR count). The molecule has 0 aliphatic heterocycles. The summed E-state index contributed by atoms with van der Waals surface area (Å²) in [7, 11) is 0. The molecule has 0 bridgehead atoms. The van der Waals surface area contributed by atoms with Gasteiger partial charge in [0.1, 0.15) is 0 Å². The van der Waals surface area contributed by atoms with Crippen molar-refractivity contribution >= 4 is 11.9 Å². The zero-order valence-corrected chi connectivity index (χ0v) is 26.1. The van der Waals surface area contributed by atoms with E-state index >= 15 is 0 Å². The predicted octanol–water partition coefficient (Wildman–Crippen LogP) is 10.8. The summed E-state index contributed by atoms with van der Waals surface area (Å²) in [5.74, 6) is 0.575. The van der Waals surface area contributed by atoms with Crippen LogP contribution in [-0.4, -0.2) is 22.2 Å². The van der Waals surface area contributed by atoms with Gasteiger partial charge in [-0.15, -0.1) is 0 Å². The summed E-state index contributed by atoms with van der Waals surface area (Å²) < 4.78 is 0. The molecule has 1 fully saturated rings. The van der Waals surface area contributed by atoms with Gasteiger partial charge in [-0.25, -0.2) is 0 Å². The topological polar surface area (TPSA) is 74.6 Å². The second-order valence-electron chi connectivity index (χ2n) is 12.9. The third kappa shape index (κ3) is 13.4. The number of hydrogen-bond donors (Lipinski definition) is 2. The van der Waals surface area contributed by atoms with E-state index in [1.165, 1.54) is 82.6 Å². The molecule has 0 radical (unpaired) electrons. The molecule has 40 heavy (non-hydrogen) atoms. The Hall–Kier alpha value is -1.58. The third-order valence-corrected chi connectivity index (χ3v) is 9.71. The fourth-order valence-corrected chi connectivity index (χ4v) is 7.33. The first-order chi connectivity index (χ1) is 19.5. The Morgan fingerprint density at radius 3 is 1.98 bits per heavy atom. The molecule has 0 heterocycles.